The number of hydrogen-bond acceptors (Lipinski definition) is 4. The Labute approximate surface area is 208 Å². The Hall–Kier alpha value is -3.47. The molecule has 1 heterocycles. The summed E-state index contributed by atoms with van der Waals surface area (Å²) in [5.41, 5.74) is 11.3. The van der Waals surface area contributed by atoms with Gasteiger partial charge in [-0.1, -0.05) is 60.7 Å². The molecule has 0 radical (unpaired) electrons. The molecule has 0 bridgehead atoms. The lowest BCUT2D eigenvalue weighted by Gasteiger charge is -2.17. The minimum absolute atomic E-state index is 0.0117. The number of nitrogens with two attached hydrogens (primary N) is 1. The maximum Gasteiger partial charge on any atom is 0.223 e. The Balaban J connectivity index is 1.23. The summed E-state index contributed by atoms with van der Waals surface area (Å²) in [4.78, 5) is 29.7. The van der Waals surface area contributed by atoms with Crippen molar-refractivity contribution in [1.82, 2.24) is 10.3 Å². The lowest BCUT2D eigenvalue weighted by Crippen LogP contribution is -2.41. The topological polar surface area (TPSA) is 85.1 Å². The second kappa shape index (κ2) is 11.3. The summed E-state index contributed by atoms with van der Waals surface area (Å²) in [6, 6.07) is 22.3. The van der Waals surface area contributed by atoms with E-state index in [0.29, 0.717) is 24.6 Å². The van der Waals surface area contributed by atoms with Gasteiger partial charge in [-0.2, -0.15) is 0 Å². The SMILES string of the molecule is Cc1nc(N)ccc1CCC(=O)[C@H](C)NC(=O)[C@@H]1CC[C@@H](Cc2ccc(-c3ccccc3)cc2)C1. The number of nitrogen functional groups attached to an aromatic ring is 1. The number of carbonyl (C=O) groups is 2. The van der Waals surface area contributed by atoms with Gasteiger partial charge in [-0.05, 0) is 80.2 Å². The van der Waals surface area contributed by atoms with E-state index < -0.39 is 6.04 Å². The van der Waals surface area contributed by atoms with Crippen molar-refractivity contribution < 1.29 is 9.59 Å². The predicted octanol–water partition coefficient (Wildman–Crippen LogP) is 5.30. The van der Waals surface area contributed by atoms with Gasteiger partial charge in [0.05, 0.1) is 6.04 Å². The van der Waals surface area contributed by atoms with Crippen LogP contribution >= 0.6 is 0 Å². The van der Waals surface area contributed by atoms with Gasteiger partial charge in [0.15, 0.2) is 5.78 Å². The van der Waals surface area contributed by atoms with Crippen LogP contribution in [0.4, 0.5) is 5.82 Å². The smallest absolute Gasteiger partial charge is 0.223 e. The van der Waals surface area contributed by atoms with Crippen LogP contribution in [-0.2, 0) is 22.4 Å². The number of aromatic nitrogens is 1. The number of Topliss-reactive ketones (excluding diaryl/α,β-unsaturated/α-hetero) is 1. The van der Waals surface area contributed by atoms with Crippen molar-refractivity contribution in [3.8, 4) is 11.1 Å². The molecule has 3 N–H and O–H groups in total. The van der Waals surface area contributed by atoms with Crippen molar-refractivity contribution in [2.75, 3.05) is 5.73 Å². The average Bonchev–Trinajstić information content (AvgIpc) is 3.33. The Kier molecular flexibility index (Phi) is 7.96. The summed E-state index contributed by atoms with van der Waals surface area (Å²) < 4.78 is 0. The Morgan fingerprint density at radius 2 is 1.71 bits per heavy atom. The third-order valence-electron chi connectivity index (χ3n) is 7.20. The first-order valence-corrected chi connectivity index (χ1v) is 12.6. The number of nitrogens with one attached hydrogen (secondary N) is 1. The van der Waals surface area contributed by atoms with Crippen LogP contribution in [-0.4, -0.2) is 22.7 Å². The molecule has 3 atom stereocenters. The lowest BCUT2D eigenvalue weighted by atomic mass is 9.95. The molecule has 5 nitrogen and oxygen atoms in total. The van der Waals surface area contributed by atoms with E-state index in [0.717, 1.165) is 36.9 Å². The van der Waals surface area contributed by atoms with Crippen molar-refractivity contribution >= 4 is 17.5 Å². The number of amides is 1. The molecule has 1 aliphatic carbocycles. The number of hydrogen-bond donors (Lipinski definition) is 2. The van der Waals surface area contributed by atoms with Gasteiger partial charge in [0, 0.05) is 18.0 Å². The molecule has 0 saturated heterocycles. The standard InChI is InChI=1S/C30H35N3O2/c1-20-24(15-17-29(31)32-20)14-16-28(34)21(2)33-30(35)27-13-10-23(19-27)18-22-8-11-26(12-9-22)25-6-4-3-5-7-25/h3-9,11-12,15,17,21,23,27H,10,13-14,16,18-19H2,1-2H3,(H2,31,32)(H,33,35)/t21-,23-,27+/m0/s1. The monoisotopic (exact) mass is 469 g/mol. The molecule has 1 aliphatic rings. The zero-order chi connectivity index (χ0) is 24.8. The average molecular weight is 470 g/mol. The van der Waals surface area contributed by atoms with Crippen LogP contribution in [0.25, 0.3) is 11.1 Å². The summed E-state index contributed by atoms with van der Waals surface area (Å²) in [6.07, 6.45) is 4.78. The molecule has 182 valence electrons. The van der Waals surface area contributed by atoms with Crippen LogP contribution in [0.15, 0.2) is 66.7 Å². The number of ketones is 1. The molecule has 1 saturated carbocycles. The number of aryl methyl sites for hydroxylation is 2. The first kappa shape index (κ1) is 24.6. The number of nitrogens with zero attached hydrogens (tertiary/aromatic N) is 1. The van der Waals surface area contributed by atoms with Gasteiger partial charge in [-0.25, -0.2) is 4.98 Å². The maximum absolute atomic E-state index is 12.8. The lowest BCUT2D eigenvalue weighted by molar-refractivity contribution is -0.129. The van der Waals surface area contributed by atoms with Crippen LogP contribution < -0.4 is 11.1 Å². The third kappa shape index (κ3) is 6.56. The molecule has 0 spiro atoms. The minimum Gasteiger partial charge on any atom is -0.384 e. The minimum atomic E-state index is -0.478. The van der Waals surface area contributed by atoms with E-state index in [1.165, 1.54) is 16.7 Å². The van der Waals surface area contributed by atoms with E-state index in [2.05, 4.69) is 58.8 Å². The fraction of sp³-hybridized carbons (Fsp3) is 0.367. The van der Waals surface area contributed by atoms with Crippen molar-refractivity contribution in [2.45, 2.75) is 58.4 Å². The van der Waals surface area contributed by atoms with Gasteiger partial charge < -0.3 is 11.1 Å². The van der Waals surface area contributed by atoms with E-state index in [9.17, 15) is 9.59 Å². The van der Waals surface area contributed by atoms with Gasteiger partial charge >= 0.3 is 0 Å². The Bertz CT molecular complexity index is 1160. The van der Waals surface area contributed by atoms with Crippen molar-refractivity contribution in [1.29, 1.82) is 0 Å². The van der Waals surface area contributed by atoms with E-state index in [-0.39, 0.29) is 17.6 Å². The fourth-order valence-electron chi connectivity index (χ4n) is 5.06. The van der Waals surface area contributed by atoms with Gasteiger partial charge in [0.25, 0.3) is 0 Å². The summed E-state index contributed by atoms with van der Waals surface area (Å²) in [5.74, 6) is 1.03. The molecule has 35 heavy (non-hydrogen) atoms. The first-order chi connectivity index (χ1) is 16.9. The molecule has 1 fully saturated rings. The fourth-order valence-corrected chi connectivity index (χ4v) is 5.06. The van der Waals surface area contributed by atoms with Gasteiger partial charge in [0.1, 0.15) is 5.82 Å². The van der Waals surface area contributed by atoms with Crippen molar-refractivity contribution in [3.63, 3.8) is 0 Å². The largest absolute Gasteiger partial charge is 0.384 e. The van der Waals surface area contributed by atoms with Crippen LogP contribution in [0.3, 0.4) is 0 Å². The number of carbonyl (C=O) groups excluding carboxylic acids is 2. The molecule has 3 aromatic rings. The van der Waals surface area contributed by atoms with Crippen molar-refractivity contribution in [2.24, 2.45) is 11.8 Å². The molecule has 2 aromatic carbocycles. The normalized spacial score (nSPS) is 18.2. The predicted molar refractivity (Wildman–Crippen MR) is 141 cm³/mol. The quantitative estimate of drug-likeness (QED) is 0.445. The summed E-state index contributed by atoms with van der Waals surface area (Å²) >= 11 is 0. The molecule has 1 aromatic heterocycles. The highest BCUT2D eigenvalue weighted by atomic mass is 16.2. The van der Waals surface area contributed by atoms with E-state index >= 15 is 0 Å². The van der Waals surface area contributed by atoms with Crippen LogP contribution in [0.1, 0.15) is 49.4 Å². The summed E-state index contributed by atoms with van der Waals surface area (Å²) in [5, 5.41) is 2.97. The van der Waals surface area contributed by atoms with Crippen LogP contribution in [0, 0.1) is 18.8 Å². The van der Waals surface area contributed by atoms with Gasteiger partial charge in [-0.3, -0.25) is 9.59 Å². The molecular formula is C30H35N3O2. The van der Waals surface area contributed by atoms with Crippen molar-refractivity contribution in [3.05, 3.63) is 83.6 Å². The molecular weight excluding hydrogens is 434 g/mol. The van der Waals surface area contributed by atoms with Gasteiger partial charge in [-0.15, -0.1) is 0 Å². The molecule has 4 rings (SSSR count). The Morgan fingerprint density at radius 1 is 1.00 bits per heavy atom. The molecule has 1 amide bonds. The summed E-state index contributed by atoms with van der Waals surface area (Å²) in [7, 11) is 0. The Morgan fingerprint density at radius 3 is 2.43 bits per heavy atom. The van der Waals surface area contributed by atoms with E-state index in [4.69, 9.17) is 5.73 Å². The molecule has 0 unspecified atom stereocenters. The number of rotatable bonds is 9. The zero-order valence-corrected chi connectivity index (χ0v) is 20.7. The molecule has 0 aliphatic heterocycles. The van der Waals surface area contributed by atoms with E-state index in [1.54, 1.807) is 13.0 Å². The second-order valence-corrected chi connectivity index (χ2v) is 9.82. The highest BCUT2D eigenvalue weighted by Crippen LogP contribution is 2.34. The highest BCUT2D eigenvalue weighted by Gasteiger charge is 2.31. The number of pyridine rings is 1. The maximum atomic E-state index is 12.8. The van der Waals surface area contributed by atoms with E-state index in [1.807, 2.05) is 19.1 Å². The number of benzene rings is 2. The van der Waals surface area contributed by atoms with Crippen LogP contribution in [0.2, 0.25) is 0 Å². The highest BCUT2D eigenvalue weighted by molar-refractivity contribution is 5.89. The zero-order valence-electron chi connectivity index (χ0n) is 20.7. The molecule has 5 heteroatoms. The first-order valence-electron chi connectivity index (χ1n) is 12.6. The van der Waals surface area contributed by atoms with Gasteiger partial charge in [0.2, 0.25) is 5.91 Å². The third-order valence-corrected chi connectivity index (χ3v) is 7.20. The van der Waals surface area contributed by atoms with Crippen LogP contribution in [0.5, 0.6) is 0 Å². The summed E-state index contributed by atoms with van der Waals surface area (Å²) in [6.45, 7) is 3.69. The second-order valence-electron chi connectivity index (χ2n) is 9.82. The number of anilines is 1.